The van der Waals surface area contributed by atoms with Gasteiger partial charge in [-0.1, -0.05) is 18.1 Å². The summed E-state index contributed by atoms with van der Waals surface area (Å²) in [5.41, 5.74) is 1.13. The van der Waals surface area contributed by atoms with Crippen LogP contribution in [-0.2, 0) is 6.42 Å². The number of benzene rings is 1. The van der Waals surface area contributed by atoms with Crippen molar-refractivity contribution in [1.29, 1.82) is 0 Å². The molecule has 0 saturated heterocycles. The molecule has 2 N–H and O–H groups in total. The molecule has 1 rings (SSSR count). The van der Waals surface area contributed by atoms with Gasteiger partial charge in [0.1, 0.15) is 6.11 Å². The van der Waals surface area contributed by atoms with Gasteiger partial charge in [-0.25, -0.2) is 4.79 Å². The minimum absolute atomic E-state index is 0.251. The van der Waals surface area contributed by atoms with E-state index in [1.54, 1.807) is 18.2 Å². The van der Waals surface area contributed by atoms with E-state index in [1.807, 2.05) is 0 Å². The molecule has 3 heteroatoms. The fraction of sp³-hybridized carbons (Fsp3) is 0.100. The quantitative estimate of drug-likeness (QED) is 0.667. The van der Waals surface area contributed by atoms with Crippen molar-refractivity contribution < 1.29 is 15.0 Å². The second-order valence-corrected chi connectivity index (χ2v) is 2.47. The Morgan fingerprint density at radius 1 is 1.31 bits per heavy atom. The average molecular weight is 176 g/mol. The van der Waals surface area contributed by atoms with Gasteiger partial charge in [-0.3, -0.25) is 0 Å². The Morgan fingerprint density at radius 3 is 2.38 bits per heavy atom. The number of rotatable bonds is 2. The molecule has 0 aliphatic heterocycles. The summed E-state index contributed by atoms with van der Waals surface area (Å²) >= 11 is 0. The number of aromatic carboxylic acids is 1. The number of aliphatic hydroxyl groups is 1. The van der Waals surface area contributed by atoms with Crippen LogP contribution >= 0.6 is 0 Å². The molecule has 0 aliphatic rings. The SMILES string of the molecule is O=C(O)c1ccc(CC#CO)cc1. The van der Waals surface area contributed by atoms with Gasteiger partial charge in [-0.2, -0.15) is 0 Å². The van der Waals surface area contributed by atoms with Crippen LogP contribution in [0.4, 0.5) is 0 Å². The highest BCUT2D eigenvalue weighted by Crippen LogP contribution is 2.04. The molecular weight excluding hydrogens is 168 g/mol. The lowest BCUT2D eigenvalue weighted by molar-refractivity contribution is 0.0697. The highest BCUT2D eigenvalue weighted by Gasteiger charge is 2.00. The topological polar surface area (TPSA) is 57.5 Å². The van der Waals surface area contributed by atoms with E-state index in [0.29, 0.717) is 6.42 Å². The summed E-state index contributed by atoms with van der Waals surface area (Å²) in [6, 6.07) is 6.37. The lowest BCUT2D eigenvalue weighted by Gasteiger charge is -1.95. The smallest absolute Gasteiger partial charge is 0.335 e. The molecule has 13 heavy (non-hydrogen) atoms. The van der Waals surface area contributed by atoms with Crippen molar-refractivity contribution in [2.75, 3.05) is 0 Å². The van der Waals surface area contributed by atoms with Gasteiger partial charge in [0, 0.05) is 6.42 Å². The van der Waals surface area contributed by atoms with Gasteiger partial charge in [-0.05, 0) is 17.7 Å². The third kappa shape index (κ3) is 2.53. The number of hydrogen-bond donors (Lipinski definition) is 2. The van der Waals surface area contributed by atoms with Gasteiger partial charge in [0.25, 0.3) is 0 Å². The molecule has 0 aliphatic carbocycles. The first kappa shape index (κ1) is 9.14. The lowest BCUT2D eigenvalue weighted by Crippen LogP contribution is -1.95. The van der Waals surface area contributed by atoms with E-state index in [2.05, 4.69) is 5.92 Å². The maximum atomic E-state index is 10.5. The lowest BCUT2D eigenvalue weighted by atomic mass is 10.1. The normalized spacial score (nSPS) is 8.62. The summed E-state index contributed by atoms with van der Waals surface area (Å²) in [6.45, 7) is 0. The van der Waals surface area contributed by atoms with E-state index < -0.39 is 5.97 Å². The zero-order valence-corrected chi connectivity index (χ0v) is 6.82. The number of carboxylic acids is 1. The number of carboxylic acid groups (broad SMARTS) is 1. The molecule has 0 atom stereocenters. The van der Waals surface area contributed by atoms with E-state index in [-0.39, 0.29) is 5.56 Å². The zero-order valence-electron chi connectivity index (χ0n) is 6.82. The van der Waals surface area contributed by atoms with Gasteiger partial charge < -0.3 is 10.2 Å². The Hall–Kier alpha value is -1.95. The fourth-order valence-corrected chi connectivity index (χ4v) is 0.907. The monoisotopic (exact) mass is 176 g/mol. The molecule has 1 aromatic rings. The first-order valence-electron chi connectivity index (χ1n) is 3.68. The molecule has 0 fully saturated rings. The Balaban J connectivity index is 2.79. The molecular formula is C10H8O3. The largest absolute Gasteiger partial charge is 0.478 e. The van der Waals surface area contributed by atoms with Crippen LogP contribution in [0.25, 0.3) is 0 Å². The molecule has 66 valence electrons. The van der Waals surface area contributed by atoms with Crippen molar-refractivity contribution in [3.8, 4) is 12.0 Å². The highest BCUT2D eigenvalue weighted by molar-refractivity contribution is 5.87. The molecule has 0 aromatic heterocycles. The minimum Gasteiger partial charge on any atom is -0.478 e. The number of aliphatic hydroxyl groups excluding tert-OH is 1. The molecule has 0 bridgehead atoms. The van der Waals surface area contributed by atoms with Crippen molar-refractivity contribution >= 4 is 5.97 Å². The Morgan fingerprint density at radius 2 is 1.92 bits per heavy atom. The van der Waals surface area contributed by atoms with Crippen molar-refractivity contribution in [2.45, 2.75) is 6.42 Å². The first-order chi connectivity index (χ1) is 6.24. The van der Waals surface area contributed by atoms with Gasteiger partial charge in [0.15, 0.2) is 0 Å². The van der Waals surface area contributed by atoms with E-state index in [9.17, 15) is 4.79 Å². The molecule has 0 unspecified atom stereocenters. The van der Waals surface area contributed by atoms with Crippen LogP contribution in [0.15, 0.2) is 24.3 Å². The third-order valence-electron chi connectivity index (χ3n) is 1.57. The van der Waals surface area contributed by atoms with Gasteiger partial charge in [0.2, 0.25) is 0 Å². The minimum atomic E-state index is -0.945. The van der Waals surface area contributed by atoms with Crippen molar-refractivity contribution in [3.63, 3.8) is 0 Å². The summed E-state index contributed by atoms with van der Waals surface area (Å²) in [7, 11) is 0. The van der Waals surface area contributed by atoms with Gasteiger partial charge in [0.05, 0.1) is 5.56 Å². The van der Waals surface area contributed by atoms with Crippen LogP contribution in [-0.4, -0.2) is 16.2 Å². The van der Waals surface area contributed by atoms with Crippen LogP contribution in [0, 0.1) is 12.0 Å². The molecule has 0 saturated carbocycles. The summed E-state index contributed by atoms with van der Waals surface area (Å²) in [6.07, 6.45) is 2.21. The summed E-state index contributed by atoms with van der Waals surface area (Å²) in [5, 5.41) is 16.8. The summed E-state index contributed by atoms with van der Waals surface area (Å²) < 4.78 is 0. The predicted octanol–water partition coefficient (Wildman–Crippen LogP) is 1.26. The zero-order chi connectivity index (χ0) is 9.68. The maximum Gasteiger partial charge on any atom is 0.335 e. The number of hydrogen-bond acceptors (Lipinski definition) is 2. The molecule has 0 amide bonds. The van der Waals surface area contributed by atoms with E-state index in [1.165, 1.54) is 12.1 Å². The van der Waals surface area contributed by atoms with Crippen LogP contribution in [0.5, 0.6) is 0 Å². The Kier molecular flexibility index (Phi) is 2.93. The third-order valence-corrected chi connectivity index (χ3v) is 1.57. The van der Waals surface area contributed by atoms with Gasteiger partial charge >= 0.3 is 5.97 Å². The van der Waals surface area contributed by atoms with E-state index >= 15 is 0 Å². The van der Waals surface area contributed by atoms with Crippen LogP contribution < -0.4 is 0 Å². The molecule has 0 radical (unpaired) electrons. The summed E-state index contributed by atoms with van der Waals surface area (Å²) in [5.74, 6) is 1.53. The van der Waals surface area contributed by atoms with E-state index in [4.69, 9.17) is 10.2 Å². The second kappa shape index (κ2) is 4.17. The van der Waals surface area contributed by atoms with Gasteiger partial charge in [-0.15, -0.1) is 0 Å². The summed E-state index contributed by atoms with van der Waals surface area (Å²) in [4.78, 5) is 10.5. The highest BCUT2D eigenvalue weighted by atomic mass is 16.4. The van der Waals surface area contributed by atoms with Crippen molar-refractivity contribution in [2.24, 2.45) is 0 Å². The Labute approximate surface area is 75.6 Å². The average Bonchev–Trinajstić information content (AvgIpc) is 2.15. The first-order valence-corrected chi connectivity index (χ1v) is 3.68. The predicted molar refractivity (Wildman–Crippen MR) is 46.8 cm³/mol. The molecule has 0 heterocycles. The van der Waals surface area contributed by atoms with Crippen LogP contribution in [0.3, 0.4) is 0 Å². The van der Waals surface area contributed by atoms with E-state index in [0.717, 1.165) is 5.56 Å². The second-order valence-electron chi connectivity index (χ2n) is 2.47. The molecule has 0 spiro atoms. The van der Waals surface area contributed by atoms with Crippen molar-refractivity contribution in [3.05, 3.63) is 35.4 Å². The Bertz CT molecular complexity index is 354. The molecule has 3 nitrogen and oxygen atoms in total. The van der Waals surface area contributed by atoms with Crippen LogP contribution in [0.1, 0.15) is 15.9 Å². The standard InChI is InChI=1S/C10H8O3/c11-7-1-2-8-3-5-9(6-4-8)10(12)13/h3-6,11H,2H2,(H,12,13). The van der Waals surface area contributed by atoms with Crippen LogP contribution in [0.2, 0.25) is 0 Å². The fourth-order valence-electron chi connectivity index (χ4n) is 0.907. The maximum absolute atomic E-state index is 10.5. The molecule has 1 aromatic carbocycles. The number of carbonyl (C=O) groups is 1. The van der Waals surface area contributed by atoms with Crippen molar-refractivity contribution in [1.82, 2.24) is 0 Å².